The molecule has 1 aliphatic carbocycles. The minimum Gasteiger partial charge on any atom is -0.0949 e. The second-order valence-corrected chi connectivity index (χ2v) is 5.42. The van der Waals surface area contributed by atoms with Crippen LogP contribution in [0.25, 0.3) is 0 Å². The maximum atomic E-state index is 4.38. The molecule has 0 saturated heterocycles. The van der Waals surface area contributed by atoms with Crippen LogP contribution in [0.4, 0.5) is 0 Å². The van der Waals surface area contributed by atoms with E-state index in [4.69, 9.17) is 0 Å². The molecule has 0 radical (unpaired) electrons. The van der Waals surface area contributed by atoms with E-state index in [1.165, 1.54) is 43.2 Å². The van der Waals surface area contributed by atoms with E-state index in [-0.39, 0.29) is 5.41 Å². The van der Waals surface area contributed by atoms with Crippen LogP contribution in [0.5, 0.6) is 0 Å². The molecule has 1 aliphatic rings. The summed E-state index contributed by atoms with van der Waals surface area (Å²) in [5.41, 5.74) is 2.86. The summed E-state index contributed by atoms with van der Waals surface area (Å²) in [7, 11) is 0. The topological polar surface area (TPSA) is 0 Å². The Labute approximate surface area is 117 Å². The summed E-state index contributed by atoms with van der Waals surface area (Å²) in [6.07, 6.45) is 14.9. The van der Waals surface area contributed by atoms with Gasteiger partial charge in [0.2, 0.25) is 0 Å². The zero-order chi connectivity index (χ0) is 13.6. The van der Waals surface area contributed by atoms with Crippen LogP contribution in [0.2, 0.25) is 0 Å². The molecule has 1 fully saturated rings. The third-order valence-electron chi connectivity index (χ3n) is 4.25. The van der Waals surface area contributed by atoms with Crippen LogP contribution >= 0.6 is 0 Å². The van der Waals surface area contributed by atoms with E-state index in [0.717, 1.165) is 0 Å². The van der Waals surface area contributed by atoms with Gasteiger partial charge in [-0.3, -0.25) is 0 Å². The monoisotopic (exact) mass is 252 g/mol. The molecule has 0 unspecified atom stereocenters. The number of allylic oxidation sites excluding steroid dienone is 5. The van der Waals surface area contributed by atoms with E-state index in [2.05, 4.69) is 61.2 Å². The maximum Gasteiger partial charge on any atom is 0.0197 e. The Hall–Kier alpha value is -1.56. The van der Waals surface area contributed by atoms with Crippen molar-refractivity contribution in [1.29, 1.82) is 0 Å². The van der Waals surface area contributed by atoms with E-state index in [0.29, 0.717) is 0 Å². The minimum atomic E-state index is 0.164. The second kappa shape index (κ2) is 6.56. The standard InChI is InChI=1S/C19H24/c1-3-4-7-12-17(2)19(15-10-6-11-16-19)18-13-8-5-9-14-18/h3-5,7-9,12-14H,2,6,10-11,15-16H2,1H3/b4-3-,12-7-. The van der Waals surface area contributed by atoms with Gasteiger partial charge in [-0.2, -0.15) is 0 Å². The summed E-state index contributed by atoms with van der Waals surface area (Å²) in [6, 6.07) is 10.9. The molecule has 0 amide bonds. The molecule has 0 nitrogen and oxygen atoms in total. The summed E-state index contributed by atoms with van der Waals surface area (Å²) in [5, 5.41) is 0. The maximum absolute atomic E-state index is 4.38. The van der Waals surface area contributed by atoms with E-state index >= 15 is 0 Å². The van der Waals surface area contributed by atoms with Crippen LogP contribution in [-0.2, 0) is 5.41 Å². The Balaban J connectivity index is 2.32. The average Bonchev–Trinajstić information content (AvgIpc) is 2.49. The van der Waals surface area contributed by atoms with Crippen LogP contribution in [-0.4, -0.2) is 0 Å². The van der Waals surface area contributed by atoms with Crippen LogP contribution in [0.1, 0.15) is 44.6 Å². The molecule has 0 bridgehead atoms. The van der Waals surface area contributed by atoms with Gasteiger partial charge >= 0.3 is 0 Å². The lowest BCUT2D eigenvalue weighted by molar-refractivity contribution is 0.346. The highest BCUT2D eigenvalue weighted by atomic mass is 14.4. The Kier molecular flexibility index (Phi) is 4.79. The first-order valence-electron chi connectivity index (χ1n) is 7.34. The lowest BCUT2D eigenvalue weighted by Crippen LogP contribution is -2.30. The van der Waals surface area contributed by atoms with Crippen molar-refractivity contribution < 1.29 is 0 Å². The van der Waals surface area contributed by atoms with E-state index in [1.54, 1.807) is 0 Å². The molecular formula is C19H24. The fraction of sp³-hybridized carbons (Fsp3) is 0.368. The molecule has 0 aliphatic heterocycles. The largest absolute Gasteiger partial charge is 0.0949 e. The summed E-state index contributed by atoms with van der Waals surface area (Å²) in [4.78, 5) is 0. The van der Waals surface area contributed by atoms with Gasteiger partial charge in [-0.25, -0.2) is 0 Å². The fourth-order valence-electron chi connectivity index (χ4n) is 3.15. The van der Waals surface area contributed by atoms with Gasteiger partial charge in [0.25, 0.3) is 0 Å². The third kappa shape index (κ3) is 3.07. The van der Waals surface area contributed by atoms with Crippen LogP contribution in [0, 0.1) is 0 Å². The first kappa shape index (κ1) is 13.9. The first-order valence-corrected chi connectivity index (χ1v) is 7.34. The van der Waals surface area contributed by atoms with Crippen LogP contribution in [0.15, 0.2) is 66.8 Å². The van der Waals surface area contributed by atoms with Gasteiger partial charge in [-0.1, -0.05) is 80.5 Å². The summed E-state index contributed by atoms with van der Waals surface area (Å²) >= 11 is 0. The van der Waals surface area contributed by atoms with Gasteiger partial charge in [0.05, 0.1) is 0 Å². The molecular weight excluding hydrogens is 228 g/mol. The Morgan fingerprint density at radius 1 is 1.05 bits per heavy atom. The van der Waals surface area contributed by atoms with Gasteiger partial charge in [-0.15, -0.1) is 0 Å². The predicted octanol–water partition coefficient (Wildman–Crippen LogP) is 5.58. The molecule has 1 aromatic rings. The zero-order valence-corrected chi connectivity index (χ0v) is 11.9. The molecule has 0 aromatic heterocycles. The molecule has 19 heavy (non-hydrogen) atoms. The highest BCUT2D eigenvalue weighted by molar-refractivity contribution is 5.41. The Bertz CT molecular complexity index is 456. The van der Waals surface area contributed by atoms with Gasteiger partial charge < -0.3 is 0 Å². The van der Waals surface area contributed by atoms with Gasteiger partial charge in [0.15, 0.2) is 0 Å². The molecule has 0 heterocycles. The smallest absolute Gasteiger partial charge is 0.0197 e. The SMILES string of the molecule is C=C(/C=C\C=C/C)C1(c2ccccc2)CCCCC1. The predicted molar refractivity (Wildman–Crippen MR) is 84.3 cm³/mol. The Morgan fingerprint density at radius 2 is 1.74 bits per heavy atom. The minimum absolute atomic E-state index is 0.164. The van der Waals surface area contributed by atoms with Crippen LogP contribution in [0.3, 0.4) is 0 Å². The number of hydrogen-bond acceptors (Lipinski definition) is 0. The summed E-state index contributed by atoms with van der Waals surface area (Å²) < 4.78 is 0. The zero-order valence-electron chi connectivity index (χ0n) is 11.9. The van der Waals surface area contributed by atoms with Gasteiger partial charge in [0, 0.05) is 5.41 Å². The third-order valence-corrected chi connectivity index (χ3v) is 4.25. The summed E-state index contributed by atoms with van der Waals surface area (Å²) in [5.74, 6) is 0. The quantitative estimate of drug-likeness (QED) is 0.614. The van der Waals surface area contributed by atoms with Crippen molar-refractivity contribution >= 4 is 0 Å². The van der Waals surface area contributed by atoms with Crippen molar-refractivity contribution in [1.82, 2.24) is 0 Å². The van der Waals surface area contributed by atoms with Crippen molar-refractivity contribution in [3.63, 3.8) is 0 Å². The van der Waals surface area contributed by atoms with Crippen molar-refractivity contribution in [3.05, 3.63) is 72.4 Å². The van der Waals surface area contributed by atoms with E-state index in [9.17, 15) is 0 Å². The highest BCUT2D eigenvalue weighted by Gasteiger charge is 2.35. The van der Waals surface area contributed by atoms with Crippen molar-refractivity contribution in [2.75, 3.05) is 0 Å². The molecule has 0 atom stereocenters. The number of hydrogen-bond donors (Lipinski definition) is 0. The fourth-order valence-corrected chi connectivity index (χ4v) is 3.15. The van der Waals surface area contributed by atoms with Crippen LogP contribution < -0.4 is 0 Å². The van der Waals surface area contributed by atoms with E-state index in [1.807, 2.05) is 6.92 Å². The van der Waals surface area contributed by atoms with Gasteiger partial charge in [-0.05, 0) is 30.9 Å². The highest BCUT2D eigenvalue weighted by Crippen LogP contribution is 2.44. The molecule has 100 valence electrons. The van der Waals surface area contributed by atoms with E-state index < -0.39 is 0 Å². The average molecular weight is 252 g/mol. The van der Waals surface area contributed by atoms with Gasteiger partial charge in [0.1, 0.15) is 0 Å². The lowest BCUT2D eigenvalue weighted by Gasteiger charge is -2.39. The second-order valence-electron chi connectivity index (χ2n) is 5.42. The molecule has 0 spiro atoms. The number of benzene rings is 1. The first-order chi connectivity index (χ1) is 9.29. The van der Waals surface area contributed by atoms with Crippen molar-refractivity contribution in [3.8, 4) is 0 Å². The molecule has 2 rings (SSSR count). The normalized spacial score (nSPS) is 19.0. The Morgan fingerprint density at radius 3 is 2.37 bits per heavy atom. The number of rotatable bonds is 4. The molecule has 1 aromatic carbocycles. The lowest BCUT2D eigenvalue weighted by atomic mass is 9.65. The summed E-state index contributed by atoms with van der Waals surface area (Å²) in [6.45, 7) is 6.42. The molecule has 1 saturated carbocycles. The van der Waals surface area contributed by atoms with Crippen molar-refractivity contribution in [2.24, 2.45) is 0 Å². The van der Waals surface area contributed by atoms with Crippen molar-refractivity contribution in [2.45, 2.75) is 44.4 Å². The molecule has 0 heteroatoms. The molecule has 0 N–H and O–H groups in total.